The Morgan fingerprint density at radius 1 is 1.45 bits per heavy atom. The second-order valence-corrected chi connectivity index (χ2v) is 8.31. The summed E-state index contributed by atoms with van der Waals surface area (Å²) in [6, 6.07) is 8.65. The van der Waals surface area contributed by atoms with Crippen molar-refractivity contribution in [3.63, 3.8) is 0 Å². The molecular weight excluding hydrogens is 337 g/mol. The van der Waals surface area contributed by atoms with Crippen LogP contribution in [0.1, 0.15) is 18.4 Å². The number of thiocarbonyl (C=S) groups is 1. The Hall–Kier alpha value is -0.100. The van der Waals surface area contributed by atoms with E-state index in [1.165, 1.54) is 4.90 Å². The van der Waals surface area contributed by atoms with E-state index in [2.05, 4.69) is 12.6 Å². The zero-order valence-electron chi connectivity index (χ0n) is 10.5. The van der Waals surface area contributed by atoms with Gasteiger partial charge in [-0.1, -0.05) is 42.5 Å². The number of rotatable bonds is 2. The highest BCUT2D eigenvalue weighted by Crippen LogP contribution is 2.63. The lowest BCUT2D eigenvalue weighted by molar-refractivity contribution is 0.165. The standard InChI is InChI=1S/C12H15ClNO3PS2/c13-10-6-7-14(11(19)20)12(8-10,18(15,16)17)9-4-2-1-3-5-9/h1-5,10H,6-8H2,(H,19,20)(H2,15,16,17). The second kappa shape index (κ2) is 5.95. The Morgan fingerprint density at radius 3 is 2.55 bits per heavy atom. The summed E-state index contributed by atoms with van der Waals surface area (Å²) < 4.78 is 12.4. The highest BCUT2D eigenvalue weighted by molar-refractivity contribution is 8.11. The average molecular weight is 352 g/mol. The molecule has 0 aromatic heterocycles. The van der Waals surface area contributed by atoms with Crippen molar-refractivity contribution in [2.24, 2.45) is 0 Å². The number of piperidine rings is 1. The molecule has 0 amide bonds. The number of hydrogen-bond acceptors (Lipinski definition) is 2. The molecule has 2 unspecified atom stereocenters. The largest absolute Gasteiger partial charge is 0.355 e. The van der Waals surface area contributed by atoms with E-state index >= 15 is 0 Å². The van der Waals surface area contributed by atoms with E-state index in [0.717, 1.165) is 0 Å². The van der Waals surface area contributed by atoms with Crippen LogP contribution in [-0.2, 0) is 9.85 Å². The van der Waals surface area contributed by atoms with Crippen LogP contribution in [0.5, 0.6) is 0 Å². The van der Waals surface area contributed by atoms with Gasteiger partial charge in [-0.3, -0.25) is 4.57 Å². The van der Waals surface area contributed by atoms with Gasteiger partial charge in [0.05, 0.1) is 0 Å². The lowest BCUT2D eigenvalue weighted by atomic mass is 9.94. The van der Waals surface area contributed by atoms with E-state index < -0.39 is 12.9 Å². The topological polar surface area (TPSA) is 60.8 Å². The summed E-state index contributed by atoms with van der Waals surface area (Å²) in [5.74, 6) is 0. The lowest BCUT2D eigenvalue weighted by Crippen LogP contribution is -2.52. The van der Waals surface area contributed by atoms with Crippen LogP contribution in [0.4, 0.5) is 0 Å². The fourth-order valence-corrected chi connectivity index (χ4v) is 5.20. The summed E-state index contributed by atoms with van der Waals surface area (Å²) in [5.41, 5.74) is 0.509. The van der Waals surface area contributed by atoms with Gasteiger partial charge in [0, 0.05) is 18.3 Å². The lowest BCUT2D eigenvalue weighted by Gasteiger charge is -2.49. The quantitative estimate of drug-likeness (QED) is 0.331. The Bertz CT molecular complexity index is 553. The monoisotopic (exact) mass is 351 g/mol. The van der Waals surface area contributed by atoms with Gasteiger partial charge >= 0.3 is 7.60 Å². The smallest absolute Gasteiger partial charge is 0.337 e. The Morgan fingerprint density at radius 2 is 2.05 bits per heavy atom. The van der Waals surface area contributed by atoms with Crippen molar-refractivity contribution in [3.05, 3.63) is 35.9 Å². The van der Waals surface area contributed by atoms with Gasteiger partial charge in [-0.25, -0.2) is 0 Å². The third-order valence-corrected chi connectivity index (χ3v) is 6.05. The minimum Gasteiger partial charge on any atom is -0.337 e. The first-order chi connectivity index (χ1) is 9.29. The Kier molecular flexibility index (Phi) is 4.84. The first-order valence-corrected chi connectivity index (χ1v) is 8.95. The van der Waals surface area contributed by atoms with Crippen LogP contribution in [0.3, 0.4) is 0 Å². The number of hydrogen-bond donors (Lipinski definition) is 3. The summed E-state index contributed by atoms with van der Waals surface area (Å²) in [6.07, 6.45) is 0.736. The van der Waals surface area contributed by atoms with Crippen molar-refractivity contribution in [3.8, 4) is 0 Å². The van der Waals surface area contributed by atoms with Gasteiger partial charge in [0.2, 0.25) is 0 Å². The minimum absolute atomic E-state index is 0.129. The number of nitrogens with zero attached hydrogens (tertiary/aromatic N) is 1. The molecule has 1 fully saturated rings. The molecule has 4 nitrogen and oxygen atoms in total. The van der Waals surface area contributed by atoms with Crippen LogP contribution in [0, 0.1) is 0 Å². The fraction of sp³-hybridized carbons (Fsp3) is 0.417. The van der Waals surface area contributed by atoms with Crippen LogP contribution in [0.15, 0.2) is 30.3 Å². The molecule has 2 N–H and O–H groups in total. The molecule has 2 atom stereocenters. The fourth-order valence-electron chi connectivity index (χ4n) is 2.65. The zero-order chi connectivity index (χ0) is 15.0. The molecule has 110 valence electrons. The first-order valence-electron chi connectivity index (χ1n) is 6.05. The molecule has 0 bridgehead atoms. The molecule has 0 spiro atoms. The molecule has 1 saturated heterocycles. The van der Waals surface area contributed by atoms with Crippen molar-refractivity contribution in [1.29, 1.82) is 0 Å². The number of benzene rings is 1. The highest BCUT2D eigenvalue weighted by Gasteiger charge is 2.56. The van der Waals surface area contributed by atoms with Crippen LogP contribution in [-0.4, -0.2) is 30.9 Å². The van der Waals surface area contributed by atoms with Gasteiger partial charge in [0.25, 0.3) is 0 Å². The molecule has 1 heterocycles. The first kappa shape index (κ1) is 16.3. The predicted molar refractivity (Wildman–Crippen MR) is 87.3 cm³/mol. The van der Waals surface area contributed by atoms with E-state index in [1.54, 1.807) is 30.3 Å². The number of likely N-dealkylation sites (tertiary alicyclic amines) is 1. The van der Waals surface area contributed by atoms with Crippen molar-refractivity contribution in [2.75, 3.05) is 6.54 Å². The maximum atomic E-state index is 12.3. The molecule has 8 heteroatoms. The maximum absolute atomic E-state index is 12.3. The normalized spacial score (nSPS) is 27.4. The number of alkyl halides is 1. The van der Waals surface area contributed by atoms with Crippen molar-refractivity contribution in [1.82, 2.24) is 4.90 Å². The van der Waals surface area contributed by atoms with Gasteiger partial charge in [0.1, 0.15) is 4.32 Å². The van der Waals surface area contributed by atoms with E-state index in [-0.39, 0.29) is 16.1 Å². The average Bonchev–Trinajstić information content (AvgIpc) is 2.37. The van der Waals surface area contributed by atoms with E-state index in [0.29, 0.717) is 18.5 Å². The molecule has 0 radical (unpaired) electrons. The third-order valence-electron chi connectivity index (χ3n) is 3.57. The Labute approximate surface area is 133 Å². The Balaban J connectivity index is 2.66. The second-order valence-electron chi connectivity index (χ2n) is 4.75. The molecule has 0 saturated carbocycles. The number of halogens is 1. The van der Waals surface area contributed by atoms with E-state index in [1.807, 2.05) is 0 Å². The molecule has 20 heavy (non-hydrogen) atoms. The SMILES string of the molecule is O=P(O)(O)C1(c2ccccc2)CC(Cl)CCN1C(=S)S. The van der Waals surface area contributed by atoms with E-state index in [9.17, 15) is 14.4 Å². The van der Waals surface area contributed by atoms with Crippen LogP contribution in [0.25, 0.3) is 0 Å². The van der Waals surface area contributed by atoms with Gasteiger partial charge in [-0.15, -0.1) is 24.2 Å². The molecule has 1 aromatic rings. The minimum atomic E-state index is -4.54. The van der Waals surface area contributed by atoms with Crippen molar-refractivity contribution < 1.29 is 14.4 Å². The van der Waals surface area contributed by atoms with Crippen molar-refractivity contribution >= 4 is 48.4 Å². The van der Waals surface area contributed by atoms with Gasteiger partial charge < -0.3 is 14.7 Å². The molecule has 2 rings (SSSR count). The summed E-state index contributed by atoms with van der Waals surface area (Å²) in [4.78, 5) is 21.5. The summed E-state index contributed by atoms with van der Waals surface area (Å²) in [6.45, 7) is 0.372. The van der Waals surface area contributed by atoms with E-state index in [4.69, 9.17) is 23.8 Å². The predicted octanol–water partition coefficient (Wildman–Crippen LogP) is 2.94. The maximum Gasteiger partial charge on any atom is 0.355 e. The summed E-state index contributed by atoms with van der Waals surface area (Å²) in [5, 5.41) is -1.85. The van der Waals surface area contributed by atoms with Crippen LogP contribution in [0.2, 0.25) is 0 Å². The molecule has 1 aromatic carbocycles. The molecule has 0 aliphatic carbocycles. The summed E-state index contributed by atoms with van der Waals surface area (Å²) >= 11 is 15.4. The van der Waals surface area contributed by atoms with Gasteiger partial charge in [-0.2, -0.15) is 0 Å². The van der Waals surface area contributed by atoms with Gasteiger partial charge in [0.15, 0.2) is 5.28 Å². The highest BCUT2D eigenvalue weighted by atomic mass is 35.5. The molecular formula is C12H15ClNO3PS2. The zero-order valence-corrected chi connectivity index (χ0v) is 13.9. The van der Waals surface area contributed by atoms with Gasteiger partial charge in [-0.05, 0) is 12.0 Å². The molecule has 1 aliphatic heterocycles. The van der Waals surface area contributed by atoms with Crippen molar-refractivity contribution in [2.45, 2.75) is 23.5 Å². The van der Waals surface area contributed by atoms with Crippen LogP contribution < -0.4 is 0 Å². The molecule has 1 aliphatic rings. The van der Waals surface area contributed by atoms with Crippen LogP contribution >= 0.6 is 44.0 Å². The number of thiol groups is 1. The summed E-state index contributed by atoms with van der Waals surface area (Å²) in [7, 11) is -4.54. The third kappa shape index (κ3) is 2.78.